The Morgan fingerprint density at radius 1 is 1.08 bits per heavy atom. The number of nitrogens with zero attached hydrogens (tertiary/aromatic N) is 6. The lowest BCUT2D eigenvalue weighted by Crippen LogP contribution is -2.57. The summed E-state index contributed by atoms with van der Waals surface area (Å²) in [5.41, 5.74) is 0.0368. The van der Waals surface area contributed by atoms with Crippen LogP contribution in [0.3, 0.4) is 0 Å². The third-order valence-electron chi connectivity index (χ3n) is 6.92. The van der Waals surface area contributed by atoms with E-state index in [2.05, 4.69) is 20.6 Å². The topological polar surface area (TPSA) is 130 Å². The molecule has 1 aromatic carbocycles. The number of aliphatic hydroxyl groups is 2. The van der Waals surface area contributed by atoms with Crippen LogP contribution in [0.4, 0.5) is 17.6 Å². The van der Waals surface area contributed by atoms with E-state index < -0.39 is 66.7 Å². The number of benzene rings is 1. The van der Waals surface area contributed by atoms with E-state index in [1.807, 2.05) is 0 Å². The van der Waals surface area contributed by atoms with Gasteiger partial charge in [-0.2, -0.15) is 0 Å². The van der Waals surface area contributed by atoms with Gasteiger partial charge in [-0.1, -0.05) is 10.4 Å². The number of hydrogen-bond acceptors (Lipinski definition) is 9. The maximum absolute atomic E-state index is 14.3. The molecule has 0 radical (unpaired) electrons. The molecule has 0 bridgehead atoms. The smallest absolute Gasteiger partial charge is 0.195 e. The summed E-state index contributed by atoms with van der Waals surface area (Å²) >= 11 is 0. The number of rotatable bonds is 7. The Morgan fingerprint density at radius 3 is 2.61 bits per heavy atom. The largest absolute Gasteiger partial charge is 0.394 e. The van der Waals surface area contributed by atoms with Crippen molar-refractivity contribution in [1.82, 2.24) is 30.0 Å². The first-order chi connectivity index (χ1) is 18.3. The summed E-state index contributed by atoms with van der Waals surface area (Å²) in [5, 5.41) is 36.8. The summed E-state index contributed by atoms with van der Waals surface area (Å²) in [6.45, 7) is -0.157. The summed E-state index contributed by atoms with van der Waals surface area (Å²) < 4.78 is 75.1. The summed E-state index contributed by atoms with van der Waals surface area (Å²) in [7, 11) is 1.39. The standard InChI is InChI=1S/C23H26F4N6O5/c1-36-23-17(6-11-7-32(30-28-11)16-4-5-37-10-14(16)25)38-18(9-34)22(35)21(23)33-8-15(29-31-33)12-2-3-13(24)20(27)19(12)26/h2-3,7-8,14,16-18,21-23,34-35H,4-6,9-10H2,1H3/t14-,16-,17+,18+,21-,22-,23-/m0/s1. The van der Waals surface area contributed by atoms with Crippen LogP contribution in [0.2, 0.25) is 0 Å². The van der Waals surface area contributed by atoms with Crippen molar-refractivity contribution < 1.29 is 42.0 Å². The predicted octanol–water partition coefficient (Wildman–Crippen LogP) is 1.17. The molecule has 0 unspecified atom stereocenters. The average Bonchev–Trinajstić information content (AvgIpc) is 3.58. The highest BCUT2D eigenvalue weighted by atomic mass is 19.2. The van der Waals surface area contributed by atoms with E-state index in [9.17, 15) is 27.8 Å². The van der Waals surface area contributed by atoms with Crippen LogP contribution in [0.1, 0.15) is 24.2 Å². The van der Waals surface area contributed by atoms with E-state index in [1.54, 1.807) is 6.20 Å². The molecular weight excluding hydrogens is 516 g/mol. The van der Waals surface area contributed by atoms with Gasteiger partial charge in [0.05, 0.1) is 37.3 Å². The molecule has 11 nitrogen and oxygen atoms in total. The highest BCUT2D eigenvalue weighted by Crippen LogP contribution is 2.34. The fourth-order valence-electron chi connectivity index (χ4n) is 4.96. The number of aliphatic hydroxyl groups excluding tert-OH is 2. The van der Waals surface area contributed by atoms with E-state index >= 15 is 0 Å². The zero-order valence-corrected chi connectivity index (χ0v) is 20.2. The van der Waals surface area contributed by atoms with Crippen molar-refractivity contribution in [2.24, 2.45) is 0 Å². The van der Waals surface area contributed by atoms with E-state index in [4.69, 9.17) is 14.2 Å². The van der Waals surface area contributed by atoms with Gasteiger partial charge in [0.25, 0.3) is 0 Å². The number of aromatic nitrogens is 6. The fourth-order valence-corrected chi connectivity index (χ4v) is 4.96. The van der Waals surface area contributed by atoms with E-state index in [0.29, 0.717) is 18.7 Å². The highest BCUT2D eigenvalue weighted by Gasteiger charge is 2.47. The van der Waals surface area contributed by atoms with Gasteiger partial charge in [-0.25, -0.2) is 26.9 Å². The van der Waals surface area contributed by atoms with Crippen molar-refractivity contribution in [1.29, 1.82) is 0 Å². The number of halogens is 4. The Balaban J connectivity index is 1.41. The zero-order chi connectivity index (χ0) is 27.0. The fraction of sp³-hybridized carbons (Fsp3) is 0.565. The Bertz CT molecular complexity index is 1260. The number of methoxy groups -OCH3 is 1. The van der Waals surface area contributed by atoms with Gasteiger partial charge < -0.3 is 24.4 Å². The van der Waals surface area contributed by atoms with Gasteiger partial charge in [0.1, 0.15) is 36.2 Å². The first-order valence-corrected chi connectivity index (χ1v) is 12.0. The van der Waals surface area contributed by atoms with E-state index in [1.165, 1.54) is 22.7 Å². The quantitative estimate of drug-likeness (QED) is 0.334. The molecule has 0 saturated carbocycles. The molecule has 2 aromatic heterocycles. The van der Waals surface area contributed by atoms with Crippen molar-refractivity contribution in [3.8, 4) is 11.3 Å². The monoisotopic (exact) mass is 542 g/mol. The first-order valence-electron chi connectivity index (χ1n) is 12.0. The second kappa shape index (κ2) is 11.0. The molecule has 7 atom stereocenters. The number of hydrogen-bond donors (Lipinski definition) is 2. The summed E-state index contributed by atoms with van der Waals surface area (Å²) in [6.07, 6.45) is -1.79. The number of alkyl halides is 1. The van der Waals surface area contributed by atoms with Crippen LogP contribution in [0.25, 0.3) is 11.3 Å². The molecule has 0 spiro atoms. The van der Waals surface area contributed by atoms with Gasteiger partial charge in [-0.05, 0) is 18.6 Å². The molecule has 15 heteroatoms. The minimum Gasteiger partial charge on any atom is -0.394 e. The molecule has 5 rings (SSSR count). The summed E-state index contributed by atoms with van der Waals surface area (Å²) in [4.78, 5) is 0. The minimum absolute atomic E-state index is 0.0244. The third-order valence-corrected chi connectivity index (χ3v) is 6.92. The molecular formula is C23H26F4N6O5. The molecule has 0 amide bonds. The molecule has 38 heavy (non-hydrogen) atoms. The molecule has 2 aliphatic heterocycles. The van der Waals surface area contributed by atoms with Crippen molar-refractivity contribution in [2.45, 2.75) is 55.5 Å². The Hall–Kier alpha value is -2.98. The van der Waals surface area contributed by atoms with Crippen molar-refractivity contribution in [3.05, 3.63) is 47.7 Å². The van der Waals surface area contributed by atoms with Crippen LogP contribution in [-0.4, -0.2) is 97.7 Å². The van der Waals surface area contributed by atoms with Gasteiger partial charge in [0.2, 0.25) is 0 Å². The normalized spacial score (nSPS) is 30.0. The Labute approximate surface area is 213 Å². The molecule has 3 aromatic rings. The molecule has 4 heterocycles. The van der Waals surface area contributed by atoms with Crippen molar-refractivity contribution in [3.63, 3.8) is 0 Å². The van der Waals surface area contributed by atoms with Gasteiger partial charge in [0, 0.05) is 31.9 Å². The van der Waals surface area contributed by atoms with Gasteiger partial charge in [0.15, 0.2) is 17.5 Å². The van der Waals surface area contributed by atoms with Gasteiger partial charge in [-0.15, -0.1) is 10.2 Å². The maximum Gasteiger partial charge on any atom is 0.195 e. The number of ether oxygens (including phenoxy) is 3. The SMILES string of the molecule is CO[C@@H]1[C@@H](n2cc(-c3ccc(F)c(F)c3F)nn2)[C@@H](O)[C@@H](CO)O[C@@H]1Cc1cn([C@H]2CCOC[C@@H]2F)nn1. The van der Waals surface area contributed by atoms with Gasteiger partial charge in [-0.3, -0.25) is 0 Å². The minimum atomic E-state index is -1.65. The van der Waals surface area contributed by atoms with Crippen LogP contribution in [0.15, 0.2) is 24.5 Å². The molecule has 2 aliphatic rings. The molecule has 2 N–H and O–H groups in total. The van der Waals surface area contributed by atoms with Crippen LogP contribution in [0, 0.1) is 17.5 Å². The summed E-state index contributed by atoms with van der Waals surface area (Å²) in [6, 6.07) is 0.316. The lowest BCUT2D eigenvalue weighted by molar-refractivity contribution is -0.212. The van der Waals surface area contributed by atoms with Crippen molar-refractivity contribution in [2.75, 3.05) is 26.9 Å². The van der Waals surface area contributed by atoms with Crippen LogP contribution in [-0.2, 0) is 20.6 Å². The lowest BCUT2D eigenvalue weighted by Gasteiger charge is -2.43. The third kappa shape index (κ3) is 4.91. The first kappa shape index (κ1) is 26.6. The van der Waals surface area contributed by atoms with E-state index in [-0.39, 0.29) is 24.3 Å². The van der Waals surface area contributed by atoms with Crippen molar-refractivity contribution >= 4 is 0 Å². The predicted molar refractivity (Wildman–Crippen MR) is 120 cm³/mol. The second-order valence-corrected chi connectivity index (χ2v) is 9.22. The van der Waals surface area contributed by atoms with Crippen LogP contribution < -0.4 is 0 Å². The molecule has 2 fully saturated rings. The van der Waals surface area contributed by atoms with E-state index in [0.717, 1.165) is 12.1 Å². The Morgan fingerprint density at radius 2 is 1.87 bits per heavy atom. The van der Waals surface area contributed by atoms with Crippen LogP contribution >= 0.6 is 0 Å². The van der Waals surface area contributed by atoms with Gasteiger partial charge >= 0.3 is 0 Å². The summed E-state index contributed by atoms with van der Waals surface area (Å²) in [5.74, 6) is -4.42. The lowest BCUT2D eigenvalue weighted by atomic mass is 9.90. The molecule has 0 aliphatic carbocycles. The second-order valence-electron chi connectivity index (χ2n) is 9.22. The molecule has 2 saturated heterocycles. The van der Waals surface area contributed by atoms with Crippen LogP contribution in [0.5, 0.6) is 0 Å². The Kier molecular flexibility index (Phi) is 7.72. The highest BCUT2D eigenvalue weighted by molar-refractivity contribution is 5.58. The zero-order valence-electron chi connectivity index (χ0n) is 20.2. The maximum atomic E-state index is 14.3. The average molecular weight is 542 g/mol. The molecule has 206 valence electrons.